The summed E-state index contributed by atoms with van der Waals surface area (Å²) in [4.78, 5) is 29.8. The van der Waals surface area contributed by atoms with Crippen LogP contribution in [0.25, 0.3) is 27.9 Å². The van der Waals surface area contributed by atoms with Crippen molar-refractivity contribution < 1.29 is 22.7 Å². The van der Waals surface area contributed by atoms with E-state index in [-0.39, 0.29) is 12.2 Å². The van der Waals surface area contributed by atoms with Crippen molar-refractivity contribution in [1.29, 1.82) is 0 Å². The van der Waals surface area contributed by atoms with Gasteiger partial charge in [-0.15, -0.1) is 0 Å². The van der Waals surface area contributed by atoms with Crippen LogP contribution >= 0.6 is 0 Å². The molecule has 0 atom stereocenters. The number of methoxy groups -OCH3 is 1. The number of H-pyrrole nitrogens is 1. The Hall–Kier alpha value is -4.87. The smallest absolute Gasteiger partial charge is 0.307 e. The van der Waals surface area contributed by atoms with Gasteiger partial charge in [0, 0.05) is 60.4 Å². The number of ether oxygens (including phenoxy) is 1. The molecular formula is C31H31N5O5S. The molecule has 2 aromatic heterocycles. The fourth-order valence-corrected chi connectivity index (χ4v) is 5.66. The average molecular weight is 586 g/mol. The first-order valence-electron chi connectivity index (χ1n) is 13.2. The van der Waals surface area contributed by atoms with E-state index in [1.165, 1.54) is 26.4 Å². The van der Waals surface area contributed by atoms with Crippen molar-refractivity contribution in [2.45, 2.75) is 6.42 Å². The molecule has 0 aliphatic heterocycles. The second-order valence-electron chi connectivity index (χ2n) is 9.80. The molecule has 0 spiro atoms. The minimum Gasteiger partial charge on any atom is -0.497 e. The first kappa shape index (κ1) is 28.7. The molecule has 0 bridgehead atoms. The Labute approximate surface area is 243 Å². The van der Waals surface area contributed by atoms with Gasteiger partial charge < -0.3 is 20.4 Å². The fourth-order valence-electron chi connectivity index (χ4n) is 4.65. The van der Waals surface area contributed by atoms with Crippen LogP contribution in [0.15, 0.2) is 90.9 Å². The number of para-hydroxylation sites is 1. The third-order valence-electron chi connectivity index (χ3n) is 6.90. The Bertz CT molecular complexity index is 1910. The van der Waals surface area contributed by atoms with Crippen molar-refractivity contribution in [3.63, 3.8) is 0 Å². The number of amides is 2. The molecule has 2 heterocycles. The fraction of sp³-hybridized carbons (Fsp3) is 0.161. The lowest BCUT2D eigenvalue weighted by Crippen LogP contribution is -2.35. The van der Waals surface area contributed by atoms with Gasteiger partial charge in [-0.3, -0.25) is 9.59 Å². The van der Waals surface area contributed by atoms with Crippen LogP contribution in [0.4, 0.5) is 0 Å². The maximum atomic E-state index is 13.5. The van der Waals surface area contributed by atoms with Gasteiger partial charge in [0.1, 0.15) is 11.4 Å². The Balaban J connectivity index is 1.46. The van der Waals surface area contributed by atoms with E-state index in [4.69, 9.17) is 4.74 Å². The molecule has 5 rings (SSSR count). The highest BCUT2D eigenvalue weighted by molar-refractivity contribution is 7.87. The minimum absolute atomic E-state index is 0.0189. The second kappa shape index (κ2) is 11.9. The first-order valence-corrected chi connectivity index (χ1v) is 14.6. The van der Waals surface area contributed by atoms with Gasteiger partial charge in [-0.2, -0.15) is 12.7 Å². The van der Waals surface area contributed by atoms with E-state index >= 15 is 0 Å². The molecule has 0 fully saturated rings. The van der Waals surface area contributed by atoms with Gasteiger partial charge in [-0.25, -0.2) is 3.97 Å². The number of benzene rings is 3. The number of carbonyl (C=O) groups excluding carboxylic acids is 2. The summed E-state index contributed by atoms with van der Waals surface area (Å²) in [5.74, 6) is -0.244. The zero-order valence-corrected chi connectivity index (χ0v) is 24.2. The molecule has 0 saturated heterocycles. The molecule has 5 aromatic rings. The Morgan fingerprint density at radius 2 is 1.74 bits per heavy atom. The number of nitrogens with zero attached hydrogens (tertiary/aromatic N) is 2. The molecule has 216 valence electrons. The Morgan fingerprint density at radius 3 is 2.48 bits per heavy atom. The molecule has 10 nitrogen and oxygen atoms in total. The number of aromatic nitrogens is 2. The number of rotatable bonds is 10. The SMILES string of the molecule is COc1ccc2[nH]cc(CCNC(=O)C(=Cc3cn(S(=O)(=O)N(C)C)c4ccccc34)NC(=O)c3ccccc3)c2c1. The van der Waals surface area contributed by atoms with Crippen molar-refractivity contribution in [2.24, 2.45) is 0 Å². The summed E-state index contributed by atoms with van der Waals surface area (Å²) in [6, 6.07) is 21.3. The lowest BCUT2D eigenvalue weighted by atomic mass is 10.1. The Kier molecular flexibility index (Phi) is 8.14. The Morgan fingerprint density at radius 1 is 1.00 bits per heavy atom. The summed E-state index contributed by atoms with van der Waals surface area (Å²) in [5, 5.41) is 7.22. The van der Waals surface area contributed by atoms with E-state index in [1.54, 1.807) is 61.7 Å². The van der Waals surface area contributed by atoms with Crippen LogP contribution in [0.5, 0.6) is 5.75 Å². The summed E-state index contributed by atoms with van der Waals surface area (Å²) in [7, 11) is 0.657. The van der Waals surface area contributed by atoms with Gasteiger partial charge in [0.15, 0.2) is 0 Å². The summed E-state index contributed by atoms with van der Waals surface area (Å²) >= 11 is 0. The predicted octanol–water partition coefficient (Wildman–Crippen LogP) is 3.92. The molecule has 0 radical (unpaired) electrons. The monoisotopic (exact) mass is 585 g/mol. The molecule has 3 aromatic carbocycles. The largest absolute Gasteiger partial charge is 0.497 e. The van der Waals surface area contributed by atoms with E-state index in [9.17, 15) is 18.0 Å². The molecular weight excluding hydrogens is 554 g/mol. The third kappa shape index (κ3) is 5.78. The zero-order valence-electron chi connectivity index (χ0n) is 23.4. The number of nitrogens with one attached hydrogen (secondary N) is 3. The average Bonchev–Trinajstić information content (AvgIpc) is 3.58. The highest BCUT2D eigenvalue weighted by Crippen LogP contribution is 2.26. The highest BCUT2D eigenvalue weighted by atomic mass is 32.2. The van der Waals surface area contributed by atoms with Crippen molar-refractivity contribution in [3.8, 4) is 5.75 Å². The van der Waals surface area contributed by atoms with Crippen LogP contribution in [0, 0.1) is 0 Å². The predicted molar refractivity (Wildman–Crippen MR) is 163 cm³/mol. The van der Waals surface area contributed by atoms with E-state index in [0.29, 0.717) is 28.5 Å². The minimum atomic E-state index is -3.85. The van der Waals surface area contributed by atoms with Gasteiger partial charge in [0.05, 0.1) is 12.6 Å². The second-order valence-corrected chi connectivity index (χ2v) is 11.8. The number of fused-ring (bicyclic) bond motifs is 2. The lowest BCUT2D eigenvalue weighted by Gasteiger charge is -2.13. The first-order chi connectivity index (χ1) is 20.2. The topological polar surface area (TPSA) is 126 Å². The van der Waals surface area contributed by atoms with Crippen molar-refractivity contribution in [3.05, 3.63) is 108 Å². The van der Waals surface area contributed by atoms with E-state index in [2.05, 4.69) is 15.6 Å². The van der Waals surface area contributed by atoms with Gasteiger partial charge in [-0.05, 0) is 54.5 Å². The number of hydrogen-bond acceptors (Lipinski definition) is 5. The summed E-state index contributed by atoms with van der Waals surface area (Å²) in [6.45, 7) is 0.290. The van der Waals surface area contributed by atoms with Crippen LogP contribution in [-0.2, 0) is 21.4 Å². The van der Waals surface area contributed by atoms with Crippen molar-refractivity contribution >= 4 is 49.9 Å². The molecule has 2 amide bonds. The zero-order chi connectivity index (χ0) is 29.9. The van der Waals surface area contributed by atoms with Crippen molar-refractivity contribution in [1.82, 2.24) is 23.9 Å². The maximum Gasteiger partial charge on any atom is 0.307 e. The van der Waals surface area contributed by atoms with Crippen LogP contribution in [0.2, 0.25) is 0 Å². The van der Waals surface area contributed by atoms with Gasteiger partial charge in [0.2, 0.25) is 0 Å². The highest BCUT2D eigenvalue weighted by Gasteiger charge is 2.22. The molecule has 0 aliphatic carbocycles. The summed E-state index contributed by atoms with van der Waals surface area (Å²) in [5.41, 5.74) is 3.22. The maximum absolute atomic E-state index is 13.5. The molecule has 11 heteroatoms. The van der Waals surface area contributed by atoms with Crippen LogP contribution in [-0.4, -0.2) is 61.2 Å². The lowest BCUT2D eigenvalue weighted by molar-refractivity contribution is -0.117. The molecule has 0 saturated carbocycles. The summed E-state index contributed by atoms with van der Waals surface area (Å²) < 4.78 is 33.7. The molecule has 42 heavy (non-hydrogen) atoms. The van der Waals surface area contributed by atoms with Gasteiger partial charge >= 0.3 is 10.2 Å². The normalized spacial score (nSPS) is 12.1. The van der Waals surface area contributed by atoms with Crippen molar-refractivity contribution in [2.75, 3.05) is 27.7 Å². The summed E-state index contributed by atoms with van der Waals surface area (Å²) in [6.07, 6.45) is 5.36. The van der Waals surface area contributed by atoms with E-state index in [1.807, 2.05) is 24.4 Å². The third-order valence-corrected chi connectivity index (χ3v) is 8.62. The standard InChI is InChI=1S/C31H31N5O5S/c1-35(2)42(39,40)36-20-23(25-11-7-8-12-29(25)36)17-28(34-30(37)21-9-5-4-6-10-21)31(38)32-16-15-22-19-33-27-14-13-24(41-3)18-26(22)27/h4-14,17-20,33H,15-16H2,1-3H3,(H,32,38)(H,34,37). The van der Waals surface area contributed by atoms with Gasteiger partial charge in [-0.1, -0.05) is 36.4 Å². The van der Waals surface area contributed by atoms with Crippen LogP contribution in [0.3, 0.4) is 0 Å². The number of aromatic amines is 1. The van der Waals surface area contributed by atoms with E-state index < -0.39 is 22.0 Å². The number of hydrogen-bond donors (Lipinski definition) is 3. The molecule has 0 aliphatic rings. The molecule has 0 unspecified atom stereocenters. The quantitative estimate of drug-likeness (QED) is 0.214. The van der Waals surface area contributed by atoms with Gasteiger partial charge in [0.25, 0.3) is 11.8 Å². The van der Waals surface area contributed by atoms with E-state index in [0.717, 1.165) is 30.5 Å². The number of carbonyl (C=O) groups is 2. The van der Waals surface area contributed by atoms with Crippen LogP contribution < -0.4 is 15.4 Å². The van der Waals surface area contributed by atoms with Crippen LogP contribution in [0.1, 0.15) is 21.5 Å². The molecule has 3 N–H and O–H groups in total.